The summed E-state index contributed by atoms with van der Waals surface area (Å²) in [7, 11) is -0.487. The number of halogens is 1. The van der Waals surface area contributed by atoms with Gasteiger partial charge in [0.15, 0.2) is 11.6 Å². The number of rotatable bonds is 2. The molecule has 0 heterocycles. The van der Waals surface area contributed by atoms with Gasteiger partial charge in [-0.2, -0.15) is 0 Å². The van der Waals surface area contributed by atoms with Crippen molar-refractivity contribution < 1.29 is 19.2 Å². The van der Waals surface area contributed by atoms with E-state index in [0.717, 1.165) is 0 Å². The van der Waals surface area contributed by atoms with E-state index in [1.54, 1.807) is 6.92 Å². The fourth-order valence-electron chi connectivity index (χ4n) is 1.10. The van der Waals surface area contributed by atoms with Gasteiger partial charge in [0, 0.05) is 5.46 Å². The normalized spacial score (nSPS) is 9.92. The van der Waals surface area contributed by atoms with Crippen LogP contribution >= 0.6 is 0 Å². The zero-order valence-electron chi connectivity index (χ0n) is 7.41. The first-order valence-electron chi connectivity index (χ1n) is 3.76. The Morgan fingerprint density at radius 2 is 2.00 bits per heavy atom. The van der Waals surface area contributed by atoms with Crippen LogP contribution in [0.5, 0.6) is 5.75 Å². The second kappa shape index (κ2) is 3.76. The average Bonchev–Trinajstić information content (AvgIpc) is 2.08. The first kappa shape index (κ1) is 10.0. The fraction of sp³-hybridized carbons (Fsp3) is 0.250. The molecule has 0 radical (unpaired) electrons. The van der Waals surface area contributed by atoms with Crippen LogP contribution < -0.4 is 10.2 Å². The molecule has 0 bridgehead atoms. The average molecular weight is 184 g/mol. The number of hydrogen-bond acceptors (Lipinski definition) is 3. The lowest BCUT2D eigenvalue weighted by Crippen LogP contribution is -2.33. The molecule has 0 fully saturated rings. The minimum atomic E-state index is -1.81. The lowest BCUT2D eigenvalue weighted by molar-refractivity contribution is 0.383. The minimum absolute atomic E-state index is 0.0168. The molecule has 1 aromatic carbocycles. The molecule has 3 nitrogen and oxygen atoms in total. The smallest absolute Gasteiger partial charge is 0.491 e. The number of aryl methyl sites for hydroxylation is 1. The predicted molar refractivity (Wildman–Crippen MR) is 47.5 cm³/mol. The molecule has 0 aliphatic heterocycles. The molecule has 0 spiro atoms. The van der Waals surface area contributed by atoms with Crippen LogP contribution in [-0.2, 0) is 0 Å². The van der Waals surface area contributed by atoms with E-state index in [2.05, 4.69) is 0 Å². The van der Waals surface area contributed by atoms with Crippen molar-refractivity contribution in [3.05, 3.63) is 23.5 Å². The Balaban J connectivity index is 3.27. The van der Waals surface area contributed by atoms with E-state index in [9.17, 15) is 4.39 Å². The van der Waals surface area contributed by atoms with Crippen LogP contribution in [0.3, 0.4) is 0 Å². The van der Waals surface area contributed by atoms with Crippen molar-refractivity contribution in [3.63, 3.8) is 0 Å². The Hall–Kier alpha value is -1.07. The van der Waals surface area contributed by atoms with Crippen LogP contribution in [-0.4, -0.2) is 24.3 Å². The van der Waals surface area contributed by atoms with Gasteiger partial charge < -0.3 is 14.8 Å². The van der Waals surface area contributed by atoms with E-state index in [-0.39, 0.29) is 11.2 Å². The first-order chi connectivity index (χ1) is 6.06. The third kappa shape index (κ3) is 1.99. The molecular formula is C8H10BFO3. The second-order valence-electron chi connectivity index (χ2n) is 2.74. The highest BCUT2D eigenvalue weighted by molar-refractivity contribution is 6.58. The summed E-state index contributed by atoms with van der Waals surface area (Å²) in [5, 5.41) is 17.6. The molecule has 1 rings (SSSR count). The summed E-state index contributed by atoms with van der Waals surface area (Å²) < 4.78 is 18.0. The molecule has 0 aliphatic rings. The third-order valence-corrected chi connectivity index (χ3v) is 1.71. The summed E-state index contributed by atoms with van der Waals surface area (Å²) in [5.74, 6) is -0.716. The van der Waals surface area contributed by atoms with Crippen LogP contribution in [0.2, 0.25) is 0 Å². The molecule has 70 valence electrons. The maximum atomic E-state index is 13.3. The molecule has 0 saturated heterocycles. The van der Waals surface area contributed by atoms with Gasteiger partial charge in [0.25, 0.3) is 0 Å². The van der Waals surface area contributed by atoms with E-state index in [1.807, 2.05) is 0 Å². The predicted octanol–water partition coefficient (Wildman–Crippen LogP) is -0.177. The van der Waals surface area contributed by atoms with Gasteiger partial charge in [-0.05, 0) is 18.6 Å². The summed E-state index contributed by atoms with van der Waals surface area (Å²) in [6.07, 6.45) is 0. The van der Waals surface area contributed by atoms with Crippen LogP contribution in [0.1, 0.15) is 5.56 Å². The summed E-state index contributed by atoms with van der Waals surface area (Å²) in [6, 6.07) is 2.85. The van der Waals surface area contributed by atoms with Gasteiger partial charge in [-0.3, -0.25) is 0 Å². The zero-order valence-corrected chi connectivity index (χ0v) is 7.41. The molecule has 5 heteroatoms. The number of benzene rings is 1. The third-order valence-electron chi connectivity index (χ3n) is 1.71. The number of hydrogen-bond donors (Lipinski definition) is 2. The van der Waals surface area contributed by atoms with E-state index in [4.69, 9.17) is 14.8 Å². The summed E-state index contributed by atoms with van der Waals surface area (Å²) in [4.78, 5) is 0. The molecule has 0 aliphatic carbocycles. The van der Waals surface area contributed by atoms with E-state index in [0.29, 0.717) is 5.56 Å². The Bertz CT molecular complexity index is 315. The van der Waals surface area contributed by atoms with E-state index < -0.39 is 12.9 Å². The van der Waals surface area contributed by atoms with Crippen LogP contribution in [0, 0.1) is 12.7 Å². The van der Waals surface area contributed by atoms with E-state index in [1.165, 1.54) is 19.2 Å². The Kier molecular flexibility index (Phi) is 2.90. The van der Waals surface area contributed by atoms with Gasteiger partial charge in [-0.1, -0.05) is 6.07 Å². The lowest BCUT2D eigenvalue weighted by Gasteiger charge is -2.08. The molecule has 0 atom stereocenters. The maximum Gasteiger partial charge on any atom is 0.491 e. The van der Waals surface area contributed by atoms with Crippen molar-refractivity contribution in [1.29, 1.82) is 0 Å². The fourth-order valence-corrected chi connectivity index (χ4v) is 1.10. The Labute approximate surface area is 75.9 Å². The highest BCUT2D eigenvalue weighted by Gasteiger charge is 2.20. The van der Waals surface area contributed by atoms with Gasteiger partial charge in [0.1, 0.15) is 0 Å². The van der Waals surface area contributed by atoms with E-state index >= 15 is 0 Å². The standard InChI is InChI=1S/C8H10BFO3/c1-5-3-6(9(11)12)8(10)7(4-5)13-2/h3-4,11-12H,1-2H3. The van der Waals surface area contributed by atoms with Crippen LogP contribution in [0.15, 0.2) is 12.1 Å². The molecule has 1 aromatic rings. The topological polar surface area (TPSA) is 49.7 Å². The van der Waals surface area contributed by atoms with Gasteiger partial charge in [-0.25, -0.2) is 4.39 Å². The van der Waals surface area contributed by atoms with Crippen molar-refractivity contribution in [3.8, 4) is 5.75 Å². The van der Waals surface area contributed by atoms with Gasteiger partial charge >= 0.3 is 7.12 Å². The zero-order chi connectivity index (χ0) is 10.0. The minimum Gasteiger partial charge on any atom is -0.494 e. The highest BCUT2D eigenvalue weighted by atomic mass is 19.1. The largest absolute Gasteiger partial charge is 0.494 e. The quantitative estimate of drug-likeness (QED) is 0.627. The molecule has 0 amide bonds. The van der Waals surface area contributed by atoms with Crippen LogP contribution in [0.25, 0.3) is 0 Å². The summed E-state index contributed by atoms with van der Waals surface area (Å²) in [5.41, 5.74) is 0.540. The SMILES string of the molecule is COc1cc(C)cc(B(O)O)c1F. The molecule has 0 unspecified atom stereocenters. The molecule has 13 heavy (non-hydrogen) atoms. The lowest BCUT2D eigenvalue weighted by atomic mass is 9.79. The highest BCUT2D eigenvalue weighted by Crippen LogP contribution is 2.16. The van der Waals surface area contributed by atoms with Crippen LogP contribution in [0.4, 0.5) is 4.39 Å². The molecule has 2 N–H and O–H groups in total. The Morgan fingerprint density at radius 3 is 2.46 bits per heavy atom. The number of methoxy groups -OCH3 is 1. The molecule has 0 aromatic heterocycles. The van der Waals surface area contributed by atoms with Crippen molar-refractivity contribution in [2.75, 3.05) is 7.11 Å². The monoisotopic (exact) mass is 184 g/mol. The van der Waals surface area contributed by atoms with Crippen molar-refractivity contribution >= 4 is 12.6 Å². The molecular weight excluding hydrogens is 174 g/mol. The molecule has 0 saturated carbocycles. The van der Waals surface area contributed by atoms with Crippen molar-refractivity contribution in [2.45, 2.75) is 6.92 Å². The Morgan fingerprint density at radius 1 is 1.38 bits per heavy atom. The van der Waals surface area contributed by atoms with Gasteiger partial charge in [-0.15, -0.1) is 0 Å². The van der Waals surface area contributed by atoms with Crippen molar-refractivity contribution in [1.82, 2.24) is 0 Å². The second-order valence-corrected chi connectivity index (χ2v) is 2.74. The maximum absolute atomic E-state index is 13.3. The van der Waals surface area contributed by atoms with Gasteiger partial charge in [0.05, 0.1) is 7.11 Å². The van der Waals surface area contributed by atoms with Gasteiger partial charge in [0.2, 0.25) is 0 Å². The summed E-state index contributed by atoms with van der Waals surface area (Å²) in [6.45, 7) is 1.72. The summed E-state index contributed by atoms with van der Waals surface area (Å²) >= 11 is 0. The van der Waals surface area contributed by atoms with Crippen molar-refractivity contribution in [2.24, 2.45) is 0 Å². The first-order valence-corrected chi connectivity index (χ1v) is 3.76. The number of ether oxygens (including phenoxy) is 1.